The molecule has 0 fully saturated rings. The Bertz CT molecular complexity index is 161. The largest absolute Gasteiger partial charge is 0.509 e. The number of aliphatic hydroxyl groups is 1. The lowest BCUT2D eigenvalue weighted by Crippen LogP contribution is -2.09. The topological polar surface area (TPSA) is 46.5 Å². The highest BCUT2D eigenvalue weighted by Crippen LogP contribution is 2.01. The van der Waals surface area contributed by atoms with Crippen LogP contribution in [0.2, 0.25) is 0 Å². The lowest BCUT2D eigenvalue weighted by atomic mass is 10.2. The molecule has 0 saturated carbocycles. The Balaban J connectivity index is 4.09. The van der Waals surface area contributed by atoms with Gasteiger partial charge in [0.15, 0.2) is 5.78 Å². The molecule has 0 aromatic carbocycles. The SMILES string of the molecule is CCC(=O)C=C(O)C(C)OC. The molecule has 0 heterocycles. The van der Waals surface area contributed by atoms with E-state index in [1.165, 1.54) is 13.2 Å². The molecule has 0 spiro atoms. The minimum Gasteiger partial charge on any atom is -0.509 e. The van der Waals surface area contributed by atoms with E-state index in [0.717, 1.165) is 0 Å². The van der Waals surface area contributed by atoms with Gasteiger partial charge in [-0.2, -0.15) is 0 Å². The van der Waals surface area contributed by atoms with Crippen LogP contribution in [-0.2, 0) is 9.53 Å². The highest BCUT2D eigenvalue weighted by molar-refractivity contribution is 5.89. The lowest BCUT2D eigenvalue weighted by Gasteiger charge is -2.06. The fraction of sp³-hybridized carbons (Fsp3) is 0.625. The lowest BCUT2D eigenvalue weighted by molar-refractivity contribution is -0.114. The minimum atomic E-state index is -0.398. The van der Waals surface area contributed by atoms with Crippen LogP contribution in [-0.4, -0.2) is 24.1 Å². The third-order valence-corrected chi connectivity index (χ3v) is 1.43. The molecule has 0 aromatic heterocycles. The number of aliphatic hydroxyl groups excluding tert-OH is 1. The van der Waals surface area contributed by atoms with Crippen LogP contribution in [0.1, 0.15) is 20.3 Å². The van der Waals surface area contributed by atoms with Crippen LogP contribution in [0.5, 0.6) is 0 Å². The van der Waals surface area contributed by atoms with Crippen molar-refractivity contribution in [3.63, 3.8) is 0 Å². The molecule has 1 atom stereocenters. The van der Waals surface area contributed by atoms with Crippen molar-refractivity contribution in [2.45, 2.75) is 26.4 Å². The van der Waals surface area contributed by atoms with Crippen LogP contribution in [0.3, 0.4) is 0 Å². The number of rotatable bonds is 4. The standard InChI is InChI=1S/C8H14O3/c1-4-7(9)5-8(10)6(2)11-3/h5-6,10H,4H2,1-3H3. The highest BCUT2D eigenvalue weighted by Gasteiger charge is 2.05. The first-order valence-corrected chi connectivity index (χ1v) is 3.58. The molecule has 0 saturated heterocycles. The van der Waals surface area contributed by atoms with E-state index in [1.54, 1.807) is 13.8 Å². The summed E-state index contributed by atoms with van der Waals surface area (Å²) < 4.78 is 4.79. The minimum absolute atomic E-state index is 0.0145. The van der Waals surface area contributed by atoms with E-state index in [2.05, 4.69) is 0 Å². The van der Waals surface area contributed by atoms with Crippen LogP contribution in [0, 0.1) is 0 Å². The Hall–Kier alpha value is -0.830. The van der Waals surface area contributed by atoms with Crippen molar-refractivity contribution >= 4 is 5.78 Å². The summed E-state index contributed by atoms with van der Waals surface area (Å²) in [6, 6.07) is 0. The summed E-state index contributed by atoms with van der Waals surface area (Å²) >= 11 is 0. The number of hydrogen-bond acceptors (Lipinski definition) is 3. The van der Waals surface area contributed by atoms with E-state index in [0.29, 0.717) is 6.42 Å². The third-order valence-electron chi connectivity index (χ3n) is 1.43. The van der Waals surface area contributed by atoms with Gasteiger partial charge in [-0.05, 0) is 6.92 Å². The van der Waals surface area contributed by atoms with Crippen LogP contribution < -0.4 is 0 Å². The van der Waals surface area contributed by atoms with E-state index >= 15 is 0 Å². The van der Waals surface area contributed by atoms with E-state index < -0.39 is 6.10 Å². The number of methoxy groups -OCH3 is 1. The molecule has 0 radical (unpaired) electrons. The van der Waals surface area contributed by atoms with Gasteiger partial charge in [0.25, 0.3) is 0 Å². The molecule has 0 amide bonds. The molecule has 0 rings (SSSR count). The summed E-state index contributed by atoms with van der Waals surface area (Å²) in [7, 11) is 1.48. The van der Waals surface area contributed by atoms with Gasteiger partial charge in [-0.3, -0.25) is 4.79 Å². The van der Waals surface area contributed by atoms with Gasteiger partial charge < -0.3 is 9.84 Å². The maximum atomic E-state index is 10.8. The van der Waals surface area contributed by atoms with Crippen molar-refractivity contribution in [1.82, 2.24) is 0 Å². The Morgan fingerprint density at radius 1 is 1.73 bits per heavy atom. The Kier molecular flexibility index (Phi) is 4.54. The van der Waals surface area contributed by atoms with Gasteiger partial charge >= 0.3 is 0 Å². The maximum absolute atomic E-state index is 10.8. The van der Waals surface area contributed by atoms with E-state index in [1.807, 2.05) is 0 Å². The number of carbonyl (C=O) groups excluding carboxylic acids is 1. The van der Waals surface area contributed by atoms with Gasteiger partial charge in [0.05, 0.1) is 0 Å². The molecular weight excluding hydrogens is 144 g/mol. The second-order valence-electron chi connectivity index (χ2n) is 2.27. The summed E-state index contributed by atoms with van der Waals surface area (Å²) in [5.41, 5.74) is 0. The number of carbonyl (C=O) groups is 1. The van der Waals surface area contributed by atoms with Crippen LogP contribution in [0.15, 0.2) is 11.8 Å². The first-order chi connectivity index (χ1) is 5.11. The summed E-state index contributed by atoms with van der Waals surface area (Å²) in [5.74, 6) is -0.106. The van der Waals surface area contributed by atoms with Crippen molar-refractivity contribution in [2.24, 2.45) is 0 Å². The number of allylic oxidation sites excluding steroid dienone is 1. The average Bonchev–Trinajstić information content (AvgIpc) is 2.02. The monoisotopic (exact) mass is 158 g/mol. The van der Waals surface area contributed by atoms with Crippen molar-refractivity contribution in [1.29, 1.82) is 0 Å². The highest BCUT2D eigenvalue weighted by atomic mass is 16.5. The van der Waals surface area contributed by atoms with Gasteiger partial charge in [-0.25, -0.2) is 0 Å². The van der Waals surface area contributed by atoms with Gasteiger partial charge in [0.2, 0.25) is 0 Å². The predicted molar refractivity (Wildman–Crippen MR) is 42.5 cm³/mol. The van der Waals surface area contributed by atoms with E-state index in [9.17, 15) is 4.79 Å². The van der Waals surface area contributed by atoms with Gasteiger partial charge in [-0.15, -0.1) is 0 Å². The van der Waals surface area contributed by atoms with Crippen molar-refractivity contribution in [2.75, 3.05) is 7.11 Å². The fourth-order valence-electron chi connectivity index (χ4n) is 0.505. The zero-order valence-electron chi connectivity index (χ0n) is 7.13. The van der Waals surface area contributed by atoms with Gasteiger partial charge in [-0.1, -0.05) is 6.92 Å². The number of ketones is 1. The molecule has 3 heteroatoms. The quantitative estimate of drug-likeness (QED) is 0.497. The first kappa shape index (κ1) is 10.2. The maximum Gasteiger partial charge on any atom is 0.158 e. The summed E-state index contributed by atoms with van der Waals surface area (Å²) in [4.78, 5) is 10.8. The Morgan fingerprint density at radius 2 is 2.27 bits per heavy atom. The molecule has 0 aromatic rings. The molecule has 64 valence electrons. The molecule has 1 unspecified atom stereocenters. The van der Waals surface area contributed by atoms with E-state index in [-0.39, 0.29) is 11.5 Å². The first-order valence-electron chi connectivity index (χ1n) is 3.58. The van der Waals surface area contributed by atoms with Crippen LogP contribution >= 0.6 is 0 Å². The van der Waals surface area contributed by atoms with Gasteiger partial charge in [0, 0.05) is 19.6 Å². The molecule has 0 bridgehead atoms. The summed E-state index contributed by atoms with van der Waals surface area (Å²) in [6.45, 7) is 3.42. The smallest absolute Gasteiger partial charge is 0.158 e. The van der Waals surface area contributed by atoms with Crippen molar-refractivity contribution < 1.29 is 14.6 Å². The normalized spacial score (nSPS) is 14.6. The predicted octanol–water partition coefficient (Wildman–Crippen LogP) is 1.44. The fourth-order valence-corrected chi connectivity index (χ4v) is 0.505. The second-order valence-corrected chi connectivity index (χ2v) is 2.27. The molecule has 3 nitrogen and oxygen atoms in total. The summed E-state index contributed by atoms with van der Waals surface area (Å²) in [5, 5.41) is 9.13. The molecule has 11 heavy (non-hydrogen) atoms. The van der Waals surface area contributed by atoms with Crippen molar-refractivity contribution in [3.8, 4) is 0 Å². The van der Waals surface area contributed by atoms with Crippen molar-refractivity contribution in [3.05, 3.63) is 11.8 Å². The molecule has 0 aliphatic rings. The molecule has 0 aliphatic carbocycles. The summed E-state index contributed by atoms with van der Waals surface area (Å²) in [6.07, 6.45) is 1.21. The van der Waals surface area contributed by atoms with E-state index in [4.69, 9.17) is 9.84 Å². The van der Waals surface area contributed by atoms with Crippen LogP contribution in [0.4, 0.5) is 0 Å². The Labute approximate surface area is 66.7 Å². The Morgan fingerprint density at radius 3 is 2.64 bits per heavy atom. The number of hydrogen-bond donors (Lipinski definition) is 1. The molecule has 0 aliphatic heterocycles. The second kappa shape index (κ2) is 4.91. The van der Waals surface area contributed by atoms with Gasteiger partial charge in [0.1, 0.15) is 11.9 Å². The zero-order chi connectivity index (χ0) is 8.85. The average molecular weight is 158 g/mol. The number of ether oxygens (including phenoxy) is 1. The van der Waals surface area contributed by atoms with Crippen LogP contribution in [0.25, 0.3) is 0 Å². The molecular formula is C8H14O3. The molecule has 1 N–H and O–H groups in total. The zero-order valence-corrected chi connectivity index (χ0v) is 7.13. The third kappa shape index (κ3) is 3.78.